The van der Waals surface area contributed by atoms with Crippen LogP contribution in [0.15, 0.2) is 53.4 Å². The summed E-state index contributed by atoms with van der Waals surface area (Å²) in [6.45, 7) is 9.66. The number of nitrogens with one attached hydrogen (secondary N) is 1. The third-order valence-corrected chi connectivity index (χ3v) is 6.55. The molecule has 0 aliphatic heterocycles. The number of nitrogens with zero attached hydrogens (tertiary/aromatic N) is 1. The number of carbonyl (C=O) groups is 1. The van der Waals surface area contributed by atoms with Gasteiger partial charge < -0.3 is 5.32 Å². The van der Waals surface area contributed by atoms with Crippen molar-refractivity contribution < 1.29 is 13.2 Å². The van der Waals surface area contributed by atoms with Gasteiger partial charge in [-0.2, -0.15) is 0 Å². The molecular formula is C22H30N2O3S. The maximum Gasteiger partial charge on any atom is 0.264 e. The molecule has 2 aromatic rings. The minimum Gasteiger partial charge on any atom is -0.352 e. The number of carbonyl (C=O) groups excluding carboxylic acids is 1. The average Bonchev–Trinajstić information content (AvgIpc) is 2.66. The molecule has 0 aliphatic rings. The zero-order valence-corrected chi connectivity index (χ0v) is 18.1. The third-order valence-electron chi connectivity index (χ3n) is 4.76. The van der Waals surface area contributed by atoms with Crippen LogP contribution >= 0.6 is 0 Å². The smallest absolute Gasteiger partial charge is 0.264 e. The summed E-state index contributed by atoms with van der Waals surface area (Å²) in [7, 11) is -3.87. The van der Waals surface area contributed by atoms with E-state index in [9.17, 15) is 13.2 Å². The normalized spacial score (nSPS) is 12.6. The molecule has 0 spiro atoms. The summed E-state index contributed by atoms with van der Waals surface area (Å²) in [4.78, 5) is 12.7. The molecule has 1 atom stereocenters. The van der Waals surface area contributed by atoms with Gasteiger partial charge in [0.15, 0.2) is 0 Å². The number of anilines is 1. The summed E-state index contributed by atoms with van der Waals surface area (Å²) in [6, 6.07) is 14.0. The van der Waals surface area contributed by atoms with E-state index in [-0.39, 0.29) is 23.4 Å². The Morgan fingerprint density at radius 3 is 2.07 bits per heavy atom. The number of amides is 1. The minimum atomic E-state index is -3.87. The molecule has 28 heavy (non-hydrogen) atoms. The number of hydrogen-bond acceptors (Lipinski definition) is 3. The molecule has 1 unspecified atom stereocenters. The maximum absolute atomic E-state index is 13.3. The maximum atomic E-state index is 13.3. The van der Waals surface area contributed by atoms with Crippen LogP contribution in [0.1, 0.15) is 51.2 Å². The van der Waals surface area contributed by atoms with Crippen molar-refractivity contribution in [2.45, 2.75) is 57.9 Å². The molecule has 152 valence electrons. The molecule has 0 heterocycles. The molecule has 2 rings (SSSR count). The van der Waals surface area contributed by atoms with Crippen molar-refractivity contribution in [2.24, 2.45) is 0 Å². The lowest BCUT2D eigenvalue weighted by molar-refractivity contribution is -0.120. The van der Waals surface area contributed by atoms with Crippen molar-refractivity contribution >= 4 is 21.6 Å². The summed E-state index contributed by atoms with van der Waals surface area (Å²) >= 11 is 0. The van der Waals surface area contributed by atoms with Crippen molar-refractivity contribution in [1.82, 2.24) is 5.32 Å². The van der Waals surface area contributed by atoms with E-state index in [1.807, 2.05) is 32.9 Å². The fraction of sp³-hybridized carbons (Fsp3) is 0.409. The van der Waals surface area contributed by atoms with E-state index in [0.717, 1.165) is 17.5 Å². The second-order valence-electron chi connectivity index (χ2n) is 7.45. The summed E-state index contributed by atoms with van der Waals surface area (Å²) in [5, 5.41) is 2.85. The molecule has 0 saturated carbocycles. The van der Waals surface area contributed by atoms with Crippen LogP contribution in [-0.4, -0.2) is 26.9 Å². The van der Waals surface area contributed by atoms with Gasteiger partial charge in [-0.1, -0.05) is 50.6 Å². The van der Waals surface area contributed by atoms with Gasteiger partial charge in [0.05, 0.1) is 10.6 Å². The van der Waals surface area contributed by atoms with Crippen LogP contribution in [0, 0.1) is 6.92 Å². The number of hydrogen-bond donors (Lipinski definition) is 1. The van der Waals surface area contributed by atoms with Gasteiger partial charge in [0.2, 0.25) is 5.91 Å². The molecule has 1 amide bonds. The largest absolute Gasteiger partial charge is 0.352 e. The third kappa shape index (κ3) is 5.35. The molecular weight excluding hydrogens is 372 g/mol. The van der Waals surface area contributed by atoms with Gasteiger partial charge in [0.1, 0.15) is 6.54 Å². The van der Waals surface area contributed by atoms with Gasteiger partial charge in [0.25, 0.3) is 10.0 Å². The highest BCUT2D eigenvalue weighted by Gasteiger charge is 2.27. The minimum absolute atomic E-state index is 0.0141. The Kier molecular flexibility index (Phi) is 7.24. The van der Waals surface area contributed by atoms with E-state index in [2.05, 4.69) is 19.2 Å². The molecule has 6 heteroatoms. The van der Waals surface area contributed by atoms with E-state index in [4.69, 9.17) is 0 Å². The fourth-order valence-corrected chi connectivity index (χ4v) is 4.15. The van der Waals surface area contributed by atoms with E-state index in [1.54, 1.807) is 36.4 Å². The van der Waals surface area contributed by atoms with E-state index >= 15 is 0 Å². The highest BCUT2D eigenvalue weighted by Crippen LogP contribution is 2.26. The van der Waals surface area contributed by atoms with Crippen molar-refractivity contribution in [3.05, 3.63) is 59.7 Å². The quantitative estimate of drug-likeness (QED) is 0.719. The van der Waals surface area contributed by atoms with Gasteiger partial charge in [0, 0.05) is 6.04 Å². The predicted molar refractivity (Wildman–Crippen MR) is 114 cm³/mol. The van der Waals surface area contributed by atoms with Crippen LogP contribution in [0.5, 0.6) is 0 Å². The topological polar surface area (TPSA) is 66.5 Å². The van der Waals surface area contributed by atoms with Crippen LogP contribution in [0.2, 0.25) is 0 Å². The Labute approximate surface area is 168 Å². The second kappa shape index (κ2) is 9.24. The standard InChI is InChI=1S/C22H30N2O3S/c1-6-18(5)23-22(25)15-24(20-11-9-19(10-12-20)16(2)3)28(26,27)21-13-7-17(4)8-14-21/h7-14,16,18H,6,15H2,1-5H3,(H,23,25). The van der Waals surface area contributed by atoms with Crippen LogP contribution < -0.4 is 9.62 Å². The molecule has 0 bridgehead atoms. The average molecular weight is 403 g/mol. The Morgan fingerprint density at radius 2 is 1.57 bits per heavy atom. The van der Waals surface area contributed by atoms with Crippen molar-refractivity contribution in [3.8, 4) is 0 Å². The number of benzene rings is 2. The molecule has 2 aromatic carbocycles. The van der Waals surface area contributed by atoms with Crippen LogP contribution in [0.25, 0.3) is 0 Å². The first kappa shape index (κ1) is 22.0. The number of aryl methyl sites for hydroxylation is 1. The Hall–Kier alpha value is -2.34. The van der Waals surface area contributed by atoms with Gasteiger partial charge in [-0.15, -0.1) is 0 Å². The van der Waals surface area contributed by atoms with Crippen LogP contribution in [0.3, 0.4) is 0 Å². The van der Waals surface area contributed by atoms with Crippen molar-refractivity contribution in [3.63, 3.8) is 0 Å². The molecule has 0 fully saturated rings. The first-order chi connectivity index (χ1) is 13.1. The first-order valence-electron chi connectivity index (χ1n) is 9.64. The molecule has 0 aromatic heterocycles. The van der Waals surface area contributed by atoms with E-state index in [1.165, 1.54) is 4.31 Å². The lowest BCUT2D eigenvalue weighted by Gasteiger charge is -2.25. The summed E-state index contributed by atoms with van der Waals surface area (Å²) < 4.78 is 27.8. The SMILES string of the molecule is CCC(C)NC(=O)CN(c1ccc(C(C)C)cc1)S(=O)(=O)c1ccc(C)cc1. The molecule has 5 nitrogen and oxygen atoms in total. The predicted octanol–water partition coefficient (Wildman–Crippen LogP) is 4.23. The Bertz CT molecular complexity index is 888. The van der Waals surface area contributed by atoms with Gasteiger partial charge in [-0.05, 0) is 56.0 Å². The summed E-state index contributed by atoms with van der Waals surface area (Å²) in [5.74, 6) is 0.0166. The fourth-order valence-electron chi connectivity index (χ4n) is 2.73. The highest BCUT2D eigenvalue weighted by molar-refractivity contribution is 7.92. The van der Waals surface area contributed by atoms with Gasteiger partial charge in [-0.3, -0.25) is 9.10 Å². The lowest BCUT2D eigenvalue weighted by atomic mass is 10.0. The molecule has 1 N–H and O–H groups in total. The van der Waals surface area contributed by atoms with Crippen LogP contribution in [0.4, 0.5) is 5.69 Å². The van der Waals surface area contributed by atoms with E-state index < -0.39 is 10.0 Å². The van der Waals surface area contributed by atoms with Crippen molar-refractivity contribution in [1.29, 1.82) is 0 Å². The van der Waals surface area contributed by atoms with Gasteiger partial charge in [-0.25, -0.2) is 8.42 Å². The molecule has 0 aliphatic carbocycles. The van der Waals surface area contributed by atoms with Crippen LogP contribution in [-0.2, 0) is 14.8 Å². The lowest BCUT2D eigenvalue weighted by Crippen LogP contribution is -2.43. The molecule has 0 saturated heterocycles. The summed E-state index contributed by atoms with van der Waals surface area (Å²) in [6.07, 6.45) is 0.777. The Balaban J connectivity index is 2.42. The zero-order chi connectivity index (χ0) is 20.9. The first-order valence-corrected chi connectivity index (χ1v) is 11.1. The van der Waals surface area contributed by atoms with E-state index in [0.29, 0.717) is 11.6 Å². The Morgan fingerprint density at radius 1 is 1.00 bits per heavy atom. The summed E-state index contributed by atoms with van der Waals surface area (Å²) in [5.41, 5.74) is 2.56. The zero-order valence-electron chi connectivity index (χ0n) is 17.3. The molecule has 0 radical (unpaired) electrons. The highest BCUT2D eigenvalue weighted by atomic mass is 32.2. The van der Waals surface area contributed by atoms with Gasteiger partial charge >= 0.3 is 0 Å². The number of rotatable bonds is 8. The number of sulfonamides is 1. The van der Waals surface area contributed by atoms with Crippen molar-refractivity contribution in [2.75, 3.05) is 10.8 Å². The second-order valence-corrected chi connectivity index (χ2v) is 9.31. The monoisotopic (exact) mass is 402 g/mol.